The van der Waals surface area contributed by atoms with Crippen LogP contribution in [0, 0.1) is 0 Å². The van der Waals surface area contributed by atoms with Gasteiger partial charge in [0.05, 0.1) is 13.2 Å². The molecule has 4 heteroatoms. The normalized spacial score (nSPS) is 10.8. The minimum Gasteiger partial charge on any atom is -0.491 e. The first kappa shape index (κ1) is 18.3. The van der Waals surface area contributed by atoms with Crippen molar-refractivity contribution in [3.05, 3.63) is 59.7 Å². The fourth-order valence-electron chi connectivity index (χ4n) is 2.73. The third-order valence-electron chi connectivity index (χ3n) is 3.86. The van der Waals surface area contributed by atoms with Gasteiger partial charge in [-0.05, 0) is 41.8 Å². The smallest absolute Gasteiger partial charge is 0.119 e. The van der Waals surface area contributed by atoms with Gasteiger partial charge in [0, 0.05) is 5.92 Å². The second-order valence-electron chi connectivity index (χ2n) is 5.62. The second-order valence-corrected chi connectivity index (χ2v) is 5.62. The Morgan fingerprint density at radius 3 is 1.50 bits per heavy atom. The third-order valence-corrected chi connectivity index (χ3v) is 3.86. The van der Waals surface area contributed by atoms with Gasteiger partial charge in [-0.25, -0.2) is 0 Å². The van der Waals surface area contributed by atoms with E-state index < -0.39 is 0 Å². The van der Waals surface area contributed by atoms with Crippen LogP contribution in [0.3, 0.4) is 0 Å². The van der Waals surface area contributed by atoms with Crippen LogP contribution in [-0.2, 0) is 0 Å². The van der Waals surface area contributed by atoms with Gasteiger partial charge in [-0.3, -0.25) is 0 Å². The number of ether oxygens (including phenoxy) is 2. The SMILES string of the molecule is CCCC(c1ccc(OCCO)cc1)c1ccc(OCCO)cc1. The van der Waals surface area contributed by atoms with Crippen LogP contribution in [0.25, 0.3) is 0 Å². The second kappa shape index (κ2) is 9.96. The quantitative estimate of drug-likeness (QED) is 0.701. The number of hydrogen-bond acceptors (Lipinski definition) is 4. The zero-order valence-electron chi connectivity index (χ0n) is 14.1. The number of aliphatic hydroxyl groups is 2. The summed E-state index contributed by atoms with van der Waals surface area (Å²) >= 11 is 0. The van der Waals surface area contributed by atoms with Crippen LogP contribution in [0.15, 0.2) is 48.5 Å². The predicted molar refractivity (Wildman–Crippen MR) is 94.8 cm³/mol. The topological polar surface area (TPSA) is 58.9 Å². The molecule has 0 amide bonds. The highest BCUT2D eigenvalue weighted by Crippen LogP contribution is 2.31. The summed E-state index contributed by atoms with van der Waals surface area (Å²) in [7, 11) is 0. The Labute approximate surface area is 143 Å². The molecule has 0 saturated carbocycles. The Balaban J connectivity index is 2.13. The summed E-state index contributed by atoms with van der Waals surface area (Å²) in [5.41, 5.74) is 2.49. The summed E-state index contributed by atoms with van der Waals surface area (Å²) in [6.45, 7) is 2.85. The van der Waals surface area contributed by atoms with Crippen molar-refractivity contribution in [2.75, 3.05) is 26.4 Å². The summed E-state index contributed by atoms with van der Waals surface area (Å²) in [4.78, 5) is 0. The molecular weight excluding hydrogens is 304 g/mol. The minimum absolute atomic E-state index is 0.0188. The van der Waals surface area contributed by atoms with Crippen LogP contribution in [-0.4, -0.2) is 36.6 Å². The van der Waals surface area contributed by atoms with Crippen molar-refractivity contribution in [1.82, 2.24) is 0 Å². The maximum absolute atomic E-state index is 8.82. The van der Waals surface area contributed by atoms with Crippen LogP contribution in [0.1, 0.15) is 36.8 Å². The molecule has 2 rings (SSSR count). The summed E-state index contributed by atoms with van der Waals surface area (Å²) in [6, 6.07) is 16.1. The molecule has 0 aliphatic heterocycles. The molecule has 0 fully saturated rings. The molecular formula is C20H26O4. The van der Waals surface area contributed by atoms with E-state index in [0.717, 1.165) is 24.3 Å². The number of hydrogen-bond donors (Lipinski definition) is 2. The van der Waals surface area contributed by atoms with E-state index in [4.69, 9.17) is 19.7 Å². The van der Waals surface area contributed by atoms with Gasteiger partial charge in [0.15, 0.2) is 0 Å². The van der Waals surface area contributed by atoms with Crippen molar-refractivity contribution in [3.63, 3.8) is 0 Å². The van der Waals surface area contributed by atoms with Crippen molar-refractivity contribution >= 4 is 0 Å². The van der Waals surface area contributed by atoms with Crippen molar-refractivity contribution in [3.8, 4) is 11.5 Å². The van der Waals surface area contributed by atoms with Gasteiger partial charge in [-0.2, -0.15) is 0 Å². The van der Waals surface area contributed by atoms with Gasteiger partial charge in [0.2, 0.25) is 0 Å². The van der Waals surface area contributed by atoms with E-state index in [2.05, 4.69) is 31.2 Å². The molecule has 0 atom stereocenters. The van der Waals surface area contributed by atoms with Crippen LogP contribution in [0.4, 0.5) is 0 Å². The lowest BCUT2D eigenvalue weighted by atomic mass is 9.87. The lowest BCUT2D eigenvalue weighted by molar-refractivity contribution is 0.201. The Kier molecular flexibility index (Phi) is 7.59. The summed E-state index contributed by atoms with van der Waals surface area (Å²) < 4.78 is 10.8. The van der Waals surface area contributed by atoms with E-state index in [1.807, 2.05) is 24.3 Å². The Morgan fingerprint density at radius 2 is 1.17 bits per heavy atom. The maximum Gasteiger partial charge on any atom is 0.119 e. The highest BCUT2D eigenvalue weighted by atomic mass is 16.5. The van der Waals surface area contributed by atoms with Gasteiger partial charge in [-0.1, -0.05) is 37.6 Å². The monoisotopic (exact) mass is 330 g/mol. The van der Waals surface area contributed by atoms with Gasteiger partial charge in [0.25, 0.3) is 0 Å². The maximum atomic E-state index is 8.82. The minimum atomic E-state index is 0.0188. The first-order valence-electron chi connectivity index (χ1n) is 8.45. The summed E-state index contributed by atoms with van der Waals surface area (Å²) in [5, 5.41) is 17.6. The molecule has 130 valence electrons. The average Bonchev–Trinajstić information content (AvgIpc) is 2.64. The summed E-state index contributed by atoms with van der Waals surface area (Å²) in [5.74, 6) is 1.88. The van der Waals surface area contributed by atoms with Gasteiger partial charge in [-0.15, -0.1) is 0 Å². The molecule has 0 aromatic heterocycles. The van der Waals surface area contributed by atoms with E-state index in [-0.39, 0.29) is 13.2 Å². The standard InChI is InChI=1S/C20H26O4/c1-2-3-20(16-4-8-18(9-5-16)23-14-12-21)17-6-10-19(11-7-17)24-15-13-22/h4-11,20-22H,2-3,12-15H2,1H3. The zero-order chi connectivity index (χ0) is 17.2. The Hall–Kier alpha value is -2.04. The molecule has 0 aliphatic carbocycles. The highest BCUT2D eigenvalue weighted by Gasteiger charge is 2.13. The van der Waals surface area contributed by atoms with Crippen molar-refractivity contribution in [2.24, 2.45) is 0 Å². The molecule has 0 radical (unpaired) electrons. The molecule has 2 N–H and O–H groups in total. The molecule has 0 heterocycles. The van der Waals surface area contributed by atoms with Gasteiger partial charge in [0.1, 0.15) is 24.7 Å². The largest absolute Gasteiger partial charge is 0.491 e. The van der Waals surface area contributed by atoms with E-state index in [9.17, 15) is 0 Å². The zero-order valence-corrected chi connectivity index (χ0v) is 14.1. The first-order valence-corrected chi connectivity index (χ1v) is 8.45. The van der Waals surface area contributed by atoms with Crippen LogP contribution >= 0.6 is 0 Å². The van der Waals surface area contributed by atoms with Crippen LogP contribution in [0.5, 0.6) is 11.5 Å². The number of benzene rings is 2. The van der Waals surface area contributed by atoms with E-state index in [1.54, 1.807) is 0 Å². The molecule has 0 aliphatic rings. The van der Waals surface area contributed by atoms with E-state index >= 15 is 0 Å². The Bertz CT molecular complexity index is 526. The molecule has 0 unspecified atom stereocenters. The fourth-order valence-corrected chi connectivity index (χ4v) is 2.73. The molecule has 0 saturated heterocycles. The molecule has 4 nitrogen and oxygen atoms in total. The number of aliphatic hydroxyl groups excluding tert-OH is 2. The molecule has 2 aromatic rings. The third kappa shape index (κ3) is 5.25. The van der Waals surface area contributed by atoms with E-state index in [0.29, 0.717) is 19.1 Å². The Morgan fingerprint density at radius 1 is 0.750 bits per heavy atom. The van der Waals surface area contributed by atoms with E-state index in [1.165, 1.54) is 11.1 Å². The molecule has 0 spiro atoms. The van der Waals surface area contributed by atoms with Crippen molar-refractivity contribution in [2.45, 2.75) is 25.7 Å². The van der Waals surface area contributed by atoms with Crippen molar-refractivity contribution < 1.29 is 19.7 Å². The van der Waals surface area contributed by atoms with Gasteiger partial charge >= 0.3 is 0 Å². The van der Waals surface area contributed by atoms with Gasteiger partial charge < -0.3 is 19.7 Å². The highest BCUT2D eigenvalue weighted by molar-refractivity contribution is 5.38. The number of rotatable bonds is 10. The first-order chi connectivity index (χ1) is 11.8. The molecule has 24 heavy (non-hydrogen) atoms. The molecule has 0 bridgehead atoms. The van der Waals surface area contributed by atoms with Crippen molar-refractivity contribution in [1.29, 1.82) is 0 Å². The van der Waals surface area contributed by atoms with Crippen LogP contribution < -0.4 is 9.47 Å². The average molecular weight is 330 g/mol. The lowest BCUT2D eigenvalue weighted by Gasteiger charge is -2.18. The predicted octanol–water partition coefficient (Wildman–Crippen LogP) is 3.36. The van der Waals surface area contributed by atoms with Crippen LogP contribution in [0.2, 0.25) is 0 Å². The lowest BCUT2D eigenvalue weighted by Crippen LogP contribution is -2.04. The fraction of sp³-hybridized carbons (Fsp3) is 0.400. The summed E-state index contributed by atoms with van der Waals surface area (Å²) in [6.07, 6.45) is 2.16. The molecule has 2 aromatic carbocycles.